The number of carbonyl (C=O) groups is 1. The van der Waals surface area contributed by atoms with Crippen LogP contribution in [0.2, 0.25) is 0 Å². The summed E-state index contributed by atoms with van der Waals surface area (Å²) in [6, 6.07) is 15.4. The van der Waals surface area contributed by atoms with E-state index in [1.807, 2.05) is 48.5 Å². The molecule has 1 fully saturated rings. The Kier molecular flexibility index (Phi) is 7.17. The maximum Gasteiger partial charge on any atom is 0.224 e. The number of carbonyl (C=O) groups excluding carboxylic acids is 1. The average molecular weight is 402 g/mol. The molecule has 150 valence electrons. The number of pyridine rings is 1. The van der Waals surface area contributed by atoms with Gasteiger partial charge in [0.1, 0.15) is 0 Å². The maximum absolute atomic E-state index is 12.7. The van der Waals surface area contributed by atoms with Crippen molar-refractivity contribution in [1.82, 2.24) is 14.6 Å². The minimum Gasteiger partial charge on any atom is -0.350 e. The summed E-state index contributed by atoms with van der Waals surface area (Å²) in [5.74, 6) is -0.291. The van der Waals surface area contributed by atoms with Gasteiger partial charge in [-0.25, -0.2) is 12.7 Å². The van der Waals surface area contributed by atoms with E-state index in [4.69, 9.17) is 0 Å². The van der Waals surface area contributed by atoms with E-state index >= 15 is 0 Å². The molecule has 6 nitrogen and oxygen atoms in total. The SMILES string of the molecule is O=C(NCc1ccccn1)[C@H]1CCCN(S(=O)(=O)CCCc2ccccc2)C1. The Morgan fingerprint density at radius 2 is 1.93 bits per heavy atom. The molecule has 0 unspecified atom stereocenters. The highest BCUT2D eigenvalue weighted by Crippen LogP contribution is 2.20. The third kappa shape index (κ3) is 5.87. The number of amides is 1. The van der Waals surface area contributed by atoms with E-state index in [1.165, 1.54) is 4.31 Å². The molecule has 0 aliphatic carbocycles. The van der Waals surface area contributed by atoms with E-state index < -0.39 is 10.0 Å². The van der Waals surface area contributed by atoms with Crippen LogP contribution < -0.4 is 5.32 Å². The van der Waals surface area contributed by atoms with Crippen molar-refractivity contribution >= 4 is 15.9 Å². The topological polar surface area (TPSA) is 79.4 Å². The second-order valence-corrected chi connectivity index (χ2v) is 9.23. The Morgan fingerprint density at radius 3 is 2.68 bits per heavy atom. The molecule has 1 aromatic carbocycles. The summed E-state index contributed by atoms with van der Waals surface area (Å²) in [5.41, 5.74) is 1.93. The predicted octanol–water partition coefficient (Wildman–Crippen LogP) is 2.37. The Balaban J connectivity index is 1.49. The average Bonchev–Trinajstić information content (AvgIpc) is 2.73. The molecule has 2 aromatic rings. The van der Waals surface area contributed by atoms with Gasteiger partial charge < -0.3 is 5.32 Å². The molecule has 7 heteroatoms. The summed E-state index contributed by atoms with van der Waals surface area (Å²) >= 11 is 0. The number of rotatable bonds is 8. The highest BCUT2D eigenvalue weighted by Gasteiger charge is 2.31. The number of sulfonamides is 1. The van der Waals surface area contributed by atoms with Gasteiger partial charge in [-0.15, -0.1) is 0 Å². The molecule has 1 amide bonds. The molecule has 28 heavy (non-hydrogen) atoms. The molecule has 2 heterocycles. The molecule has 0 bridgehead atoms. The number of aryl methyl sites for hydroxylation is 1. The van der Waals surface area contributed by atoms with Crippen LogP contribution in [-0.4, -0.2) is 42.5 Å². The number of hydrogen-bond acceptors (Lipinski definition) is 4. The molecule has 0 radical (unpaired) electrons. The van der Waals surface area contributed by atoms with Gasteiger partial charge in [0.15, 0.2) is 0 Å². The normalized spacial score (nSPS) is 17.9. The third-order valence-electron chi connectivity index (χ3n) is 5.03. The van der Waals surface area contributed by atoms with Crippen LogP contribution in [0.5, 0.6) is 0 Å². The van der Waals surface area contributed by atoms with Crippen LogP contribution in [0.3, 0.4) is 0 Å². The Labute approximate surface area is 167 Å². The van der Waals surface area contributed by atoms with Gasteiger partial charge in [-0.05, 0) is 43.4 Å². The van der Waals surface area contributed by atoms with Crippen LogP contribution in [0, 0.1) is 5.92 Å². The van der Waals surface area contributed by atoms with Gasteiger partial charge in [0, 0.05) is 19.3 Å². The molecule has 1 aliphatic rings. The van der Waals surface area contributed by atoms with Crippen LogP contribution in [0.15, 0.2) is 54.7 Å². The summed E-state index contributed by atoms with van der Waals surface area (Å²) in [5, 5.41) is 2.88. The van der Waals surface area contributed by atoms with Crippen LogP contribution in [-0.2, 0) is 27.8 Å². The summed E-state index contributed by atoms with van der Waals surface area (Å²) in [6.07, 6.45) is 4.43. The third-order valence-corrected chi connectivity index (χ3v) is 6.95. The lowest BCUT2D eigenvalue weighted by molar-refractivity contribution is -0.126. The fraction of sp³-hybridized carbons (Fsp3) is 0.429. The van der Waals surface area contributed by atoms with E-state index in [0.717, 1.165) is 17.7 Å². The minimum absolute atomic E-state index is 0.102. The lowest BCUT2D eigenvalue weighted by atomic mass is 9.99. The van der Waals surface area contributed by atoms with Crippen LogP contribution in [0.1, 0.15) is 30.5 Å². The molecule has 1 atom stereocenters. The van der Waals surface area contributed by atoms with E-state index in [-0.39, 0.29) is 24.1 Å². The molecule has 1 aromatic heterocycles. The van der Waals surface area contributed by atoms with Crippen LogP contribution >= 0.6 is 0 Å². The van der Waals surface area contributed by atoms with E-state index in [1.54, 1.807) is 6.20 Å². The first kappa shape index (κ1) is 20.5. The number of benzene rings is 1. The molecule has 0 saturated carbocycles. The number of nitrogens with zero attached hydrogens (tertiary/aromatic N) is 2. The quantitative estimate of drug-likeness (QED) is 0.737. The van der Waals surface area contributed by atoms with Gasteiger partial charge >= 0.3 is 0 Å². The predicted molar refractivity (Wildman–Crippen MR) is 109 cm³/mol. The summed E-state index contributed by atoms with van der Waals surface area (Å²) in [7, 11) is -3.35. The van der Waals surface area contributed by atoms with Crippen molar-refractivity contribution in [2.75, 3.05) is 18.8 Å². The maximum atomic E-state index is 12.7. The standard InChI is InChI=1S/C21H27N3O3S/c25-21(23-16-20-12-4-5-13-22-20)19-11-6-14-24(17-19)28(26,27)15-7-10-18-8-2-1-3-9-18/h1-5,8-9,12-13,19H,6-7,10-11,14-17H2,(H,23,25)/t19-/m0/s1. The fourth-order valence-electron chi connectivity index (χ4n) is 3.47. The Hall–Kier alpha value is -2.25. The summed E-state index contributed by atoms with van der Waals surface area (Å²) < 4.78 is 26.9. The van der Waals surface area contributed by atoms with Crippen molar-refractivity contribution in [1.29, 1.82) is 0 Å². The van der Waals surface area contributed by atoms with Crippen molar-refractivity contribution in [2.45, 2.75) is 32.2 Å². The Bertz CT molecular complexity index is 857. The summed E-state index contributed by atoms with van der Waals surface area (Å²) in [4.78, 5) is 16.7. The first-order valence-electron chi connectivity index (χ1n) is 9.74. The van der Waals surface area contributed by atoms with Crippen molar-refractivity contribution in [3.05, 3.63) is 66.0 Å². The van der Waals surface area contributed by atoms with Gasteiger partial charge in [0.05, 0.1) is 23.9 Å². The highest BCUT2D eigenvalue weighted by atomic mass is 32.2. The molecular weight excluding hydrogens is 374 g/mol. The van der Waals surface area contributed by atoms with Crippen LogP contribution in [0.4, 0.5) is 0 Å². The molecule has 0 spiro atoms. The molecule has 1 N–H and O–H groups in total. The monoisotopic (exact) mass is 401 g/mol. The van der Waals surface area contributed by atoms with Crippen molar-refractivity contribution in [3.63, 3.8) is 0 Å². The van der Waals surface area contributed by atoms with Gasteiger partial charge in [-0.3, -0.25) is 9.78 Å². The molecule has 1 saturated heterocycles. The lowest BCUT2D eigenvalue weighted by Crippen LogP contribution is -2.46. The lowest BCUT2D eigenvalue weighted by Gasteiger charge is -2.31. The van der Waals surface area contributed by atoms with Crippen molar-refractivity contribution < 1.29 is 13.2 Å². The van der Waals surface area contributed by atoms with Gasteiger partial charge in [0.2, 0.25) is 15.9 Å². The number of aromatic nitrogens is 1. The largest absolute Gasteiger partial charge is 0.350 e. The number of piperidine rings is 1. The van der Waals surface area contributed by atoms with Crippen molar-refractivity contribution in [2.24, 2.45) is 5.92 Å². The van der Waals surface area contributed by atoms with Gasteiger partial charge in [0.25, 0.3) is 0 Å². The highest BCUT2D eigenvalue weighted by molar-refractivity contribution is 7.89. The zero-order valence-corrected chi connectivity index (χ0v) is 16.8. The zero-order valence-electron chi connectivity index (χ0n) is 16.0. The van der Waals surface area contributed by atoms with E-state index in [0.29, 0.717) is 32.4 Å². The molecular formula is C21H27N3O3S. The number of nitrogens with one attached hydrogen (secondary N) is 1. The van der Waals surface area contributed by atoms with Crippen LogP contribution in [0.25, 0.3) is 0 Å². The smallest absolute Gasteiger partial charge is 0.224 e. The zero-order chi connectivity index (χ0) is 19.8. The second-order valence-electron chi connectivity index (χ2n) is 7.14. The Morgan fingerprint density at radius 1 is 1.14 bits per heavy atom. The number of hydrogen-bond donors (Lipinski definition) is 1. The minimum atomic E-state index is -3.35. The molecule has 3 rings (SSSR count). The van der Waals surface area contributed by atoms with Gasteiger partial charge in [-0.2, -0.15) is 0 Å². The van der Waals surface area contributed by atoms with E-state index in [2.05, 4.69) is 10.3 Å². The van der Waals surface area contributed by atoms with Crippen molar-refractivity contribution in [3.8, 4) is 0 Å². The molecule has 1 aliphatic heterocycles. The summed E-state index contributed by atoms with van der Waals surface area (Å²) in [6.45, 7) is 1.12. The first-order chi connectivity index (χ1) is 13.5. The second kappa shape index (κ2) is 9.80. The first-order valence-corrected chi connectivity index (χ1v) is 11.3. The van der Waals surface area contributed by atoms with Gasteiger partial charge in [-0.1, -0.05) is 36.4 Å². The fourth-order valence-corrected chi connectivity index (χ4v) is 5.05. The van der Waals surface area contributed by atoms with E-state index in [9.17, 15) is 13.2 Å².